The Morgan fingerprint density at radius 1 is 1.18 bits per heavy atom. The Bertz CT molecular complexity index is 222. The molecule has 0 unspecified atom stereocenters. The Kier molecular flexibility index (Phi) is 10.6. The number of carbonyl (C=O) groups excluding carboxylic acids is 1. The summed E-state index contributed by atoms with van der Waals surface area (Å²) in [6.07, 6.45) is 3.59. The van der Waals surface area contributed by atoms with Gasteiger partial charge in [0.2, 0.25) is 5.91 Å². The van der Waals surface area contributed by atoms with E-state index in [0.717, 1.165) is 19.3 Å². The first kappa shape index (κ1) is 15.9. The van der Waals surface area contributed by atoms with Crippen molar-refractivity contribution in [3.63, 3.8) is 0 Å². The summed E-state index contributed by atoms with van der Waals surface area (Å²) in [5.74, 6) is -0.889. The number of amides is 1. The molecule has 0 aliphatic rings. The predicted molar refractivity (Wildman–Crippen MR) is 63.6 cm³/mol. The third kappa shape index (κ3) is 12.8. The SMILES string of the molecule is NCCOCC(=O)NCCCCCCC(=O)O. The quantitative estimate of drug-likeness (QED) is 0.449. The summed E-state index contributed by atoms with van der Waals surface area (Å²) in [5.41, 5.74) is 5.21. The number of nitrogens with two attached hydrogens (primary N) is 1. The van der Waals surface area contributed by atoms with Crippen molar-refractivity contribution in [3.8, 4) is 0 Å². The predicted octanol–water partition coefficient (Wildman–Crippen LogP) is 0.113. The third-order valence-electron chi connectivity index (χ3n) is 2.13. The summed E-state index contributed by atoms with van der Waals surface area (Å²) in [7, 11) is 0. The smallest absolute Gasteiger partial charge is 0.303 e. The molecule has 0 rings (SSSR count). The molecule has 0 fully saturated rings. The lowest BCUT2D eigenvalue weighted by atomic mass is 10.1. The highest BCUT2D eigenvalue weighted by Crippen LogP contribution is 2.01. The van der Waals surface area contributed by atoms with Gasteiger partial charge in [0.25, 0.3) is 0 Å². The van der Waals surface area contributed by atoms with Gasteiger partial charge in [-0.1, -0.05) is 12.8 Å². The zero-order valence-corrected chi connectivity index (χ0v) is 10.1. The van der Waals surface area contributed by atoms with Crippen LogP contribution in [0, 0.1) is 0 Å². The first-order valence-electron chi connectivity index (χ1n) is 5.93. The van der Waals surface area contributed by atoms with E-state index in [1.807, 2.05) is 0 Å². The fourth-order valence-corrected chi connectivity index (χ4v) is 1.28. The number of carbonyl (C=O) groups is 2. The Morgan fingerprint density at radius 2 is 1.88 bits per heavy atom. The molecular formula is C11H22N2O4. The highest BCUT2D eigenvalue weighted by Gasteiger charge is 2.00. The largest absolute Gasteiger partial charge is 0.481 e. The van der Waals surface area contributed by atoms with Crippen molar-refractivity contribution < 1.29 is 19.4 Å². The van der Waals surface area contributed by atoms with Crippen molar-refractivity contribution in [1.29, 1.82) is 0 Å². The van der Waals surface area contributed by atoms with Crippen molar-refractivity contribution in [1.82, 2.24) is 5.32 Å². The number of carboxylic acid groups (broad SMARTS) is 1. The lowest BCUT2D eigenvalue weighted by Gasteiger charge is -2.05. The molecule has 0 saturated carbocycles. The second-order valence-corrected chi connectivity index (χ2v) is 3.75. The first-order chi connectivity index (χ1) is 8.16. The zero-order valence-electron chi connectivity index (χ0n) is 10.1. The van der Waals surface area contributed by atoms with Gasteiger partial charge < -0.3 is 20.9 Å². The number of unbranched alkanes of at least 4 members (excludes halogenated alkanes) is 3. The second kappa shape index (κ2) is 11.3. The number of hydrogen-bond donors (Lipinski definition) is 3. The Morgan fingerprint density at radius 3 is 2.53 bits per heavy atom. The molecule has 100 valence electrons. The zero-order chi connectivity index (χ0) is 12.9. The molecule has 0 spiro atoms. The van der Waals surface area contributed by atoms with E-state index in [1.54, 1.807) is 0 Å². The normalized spacial score (nSPS) is 10.2. The molecule has 0 aliphatic carbocycles. The second-order valence-electron chi connectivity index (χ2n) is 3.75. The summed E-state index contributed by atoms with van der Waals surface area (Å²) in [4.78, 5) is 21.4. The van der Waals surface area contributed by atoms with Gasteiger partial charge in [-0.15, -0.1) is 0 Å². The number of hydrogen-bond acceptors (Lipinski definition) is 4. The molecule has 0 radical (unpaired) electrons. The lowest BCUT2D eigenvalue weighted by Crippen LogP contribution is -2.29. The first-order valence-corrected chi connectivity index (χ1v) is 5.93. The average molecular weight is 246 g/mol. The molecule has 0 bridgehead atoms. The van der Waals surface area contributed by atoms with E-state index in [4.69, 9.17) is 15.6 Å². The third-order valence-corrected chi connectivity index (χ3v) is 2.13. The maximum atomic E-state index is 11.1. The molecule has 0 aliphatic heterocycles. The van der Waals surface area contributed by atoms with Crippen molar-refractivity contribution >= 4 is 11.9 Å². The minimum atomic E-state index is -0.754. The minimum Gasteiger partial charge on any atom is -0.481 e. The van der Waals surface area contributed by atoms with E-state index in [0.29, 0.717) is 26.1 Å². The molecule has 1 amide bonds. The molecule has 17 heavy (non-hydrogen) atoms. The van der Waals surface area contributed by atoms with Crippen molar-refractivity contribution in [2.45, 2.75) is 32.1 Å². The van der Waals surface area contributed by atoms with E-state index in [1.165, 1.54) is 0 Å². The van der Waals surface area contributed by atoms with Gasteiger partial charge in [0.1, 0.15) is 6.61 Å². The van der Waals surface area contributed by atoms with Gasteiger partial charge in [0.05, 0.1) is 6.61 Å². The summed E-state index contributed by atoms with van der Waals surface area (Å²) in [5, 5.41) is 11.1. The topological polar surface area (TPSA) is 102 Å². The van der Waals surface area contributed by atoms with Crippen LogP contribution in [0.15, 0.2) is 0 Å². The maximum absolute atomic E-state index is 11.1. The van der Waals surface area contributed by atoms with Gasteiger partial charge in [-0.3, -0.25) is 9.59 Å². The van der Waals surface area contributed by atoms with Gasteiger partial charge >= 0.3 is 5.97 Å². The Hall–Kier alpha value is -1.14. The molecule has 0 heterocycles. The molecule has 6 heteroatoms. The van der Waals surface area contributed by atoms with Crippen LogP contribution in [0.3, 0.4) is 0 Å². The summed E-state index contributed by atoms with van der Waals surface area (Å²) >= 11 is 0. The van der Waals surface area contributed by atoms with Crippen LogP contribution in [0.2, 0.25) is 0 Å². The van der Waals surface area contributed by atoms with Crippen LogP contribution in [0.5, 0.6) is 0 Å². The van der Waals surface area contributed by atoms with Crippen LogP contribution in [0.25, 0.3) is 0 Å². The summed E-state index contributed by atoms with van der Waals surface area (Å²) in [6.45, 7) is 1.47. The highest BCUT2D eigenvalue weighted by molar-refractivity contribution is 5.77. The fraction of sp³-hybridized carbons (Fsp3) is 0.818. The highest BCUT2D eigenvalue weighted by atomic mass is 16.5. The summed E-state index contributed by atoms with van der Waals surface area (Å²) < 4.78 is 4.96. The van der Waals surface area contributed by atoms with Crippen molar-refractivity contribution in [2.75, 3.05) is 26.3 Å². The lowest BCUT2D eigenvalue weighted by molar-refractivity contribution is -0.137. The van der Waals surface area contributed by atoms with E-state index in [-0.39, 0.29) is 18.9 Å². The van der Waals surface area contributed by atoms with Crippen LogP contribution in [-0.2, 0) is 14.3 Å². The number of nitrogens with one attached hydrogen (secondary N) is 1. The van der Waals surface area contributed by atoms with Gasteiger partial charge in [0.15, 0.2) is 0 Å². The Balaban J connectivity index is 3.16. The van der Waals surface area contributed by atoms with E-state index in [9.17, 15) is 9.59 Å². The van der Waals surface area contributed by atoms with E-state index in [2.05, 4.69) is 5.32 Å². The molecule has 4 N–H and O–H groups in total. The van der Waals surface area contributed by atoms with Crippen LogP contribution >= 0.6 is 0 Å². The number of ether oxygens (including phenoxy) is 1. The van der Waals surface area contributed by atoms with Gasteiger partial charge in [-0.05, 0) is 12.8 Å². The van der Waals surface area contributed by atoms with Gasteiger partial charge in [-0.25, -0.2) is 0 Å². The molecule has 0 aromatic heterocycles. The number of rotatable bonds is 11. The van der Waals surface area contributed by atoms with Gasteiger partial charge in [-0.2, -0.15) is 0 Å². The van der Waals surface area contributed by atoms with Crippen LogP contribution in [0.1, 0.15) is 32.1 Å². The molecule has 0 atom stereocenters. The minimum absolute atomic E-state index is 0.0518. The van der Waals surface area contributed by atoms with E-state index < -0.39 is 5.97 Å². The van der Waals surface area contributed by atoms with Crippen molar-refractivity contribution in [3.05, 3.63) is 0 Å². The standard InChI is InChI=1S/C11H22N2O4/c12-6-8-17-9-10(14)13-7-4-2-1-3-5-11(15)16/h1-9,12H2,(H,13,14)(H,15,16). The van der Waals surface area contributed by atoms with Crippen LogP contribution in [0.4, 0.5) is 0 Å². The van der Waals surface area contributed by atoms with Crippen LogP contribution < -0.4 is 11.1 Å². The fourth-order valence-electron chi connectivity index (χ4n) is 1.28. The van der Waals surface area contributed by atoms with Crippen LogP contribution in [-0.4, -0.2) is 43.3 Å². The Labute approximate surface area is 102 Å². The number of aliphatic carboxylic acids is 1. The summed E-state index contributed by atoms with van der Waals surface area (Å²) in [6, 6.07) is 0. The maximum Gasteiger partial charge on any atom is 0.303 e. The number of carboxylic acids is 1. The van der Waals surface area contributed by atoms with Crippen molar-refractivity contribution in [2.24, 2.45) is 5.73 Å². The average Bonchev–Trinajstić information content (AvgIpc) is 2.28. The molecule has 0 aromatic carbocycles. The van der Waals surface area contributed by atoms with Gasteiger partial charge in [0, 0.05) is 19.5 Å². The van der Waals surface area contributed by atoms with E-state index >= 15 is 0 Å². The molecule has 0 aromatic rings. The molecule has 6 nitrogen and oxygen atoms in total. The molecule has 0 saturated heterocycles. The monoisotopic (exact) mass is 246 g/mol. The molecular weight excluding hydrogens is 224 g/mol.